The van der Waals surface area contributed by atoms with E-state index >= 15 is 0 Å². The minimum Gasteiger partial charge on any atom is -0.346 e. The van der Waals surface area contributed by atoms with Gasteiger partial charge in [0.1, 0.15) is 0 Å². The predicted octanol–water partition coefficient (Wildman–Crippen LogP) is 3.93. The summed E-state index contributed by atoms with van der Waals surface area (Å²) in [5.74, 6) is -0.143. The van der Waals surface area contributed by atoms with Crippen molar-refractivity contribution in [2.24, 2.45) is 0 Å². The number of aryl methyl sites for hydroxylation is 1. The molecule has 1 heterocycles. The van der Waals surface area contributed by atoms with Crippen LogP contribution in [0.25, 0.3) is 6.08 Å². The van der Waals surface area contributed by atoms with Gasteiger partial charge in [-0.1, -0.05) is 23.7 Å². The van der Waals surface area contributed by atoms with Crippen molar-refractivity contribution in [2.75, 3.05) is 0 Å². The van der Waals surface area contributed by atoms with Crippen LogP contribution >= 0.6 is 11.6 Å². The molecule has 0 aliphatic rings. The van der Waals surface area contributed by atoms with Gasteiger partial charge in [-0.05, 0) is 54.8 Å². The highest BCUT2D eigenvalue weighted by Gasteiger charge is 2.06. The van der Waals surface area contributed by atoms with Crippen molar-refractivity contribution >= 4 is 23.6 Å². The molecule has 1 aromatic carbocycles. The van der Waals surface area contributed by atoms with E-state index in [9.17, 15) is 4.79 Å². The highest BCUT2D eigenvalue weighted by atomic mass is 35.5. The number of hydrogen-bond donors (Lipinski definition) is 1. The maximum Gasteiger partial charge on any atom is 0.244 e. The molecule has 1 atom stereocenters. The summed E-state index contributed by atoms with van der Waals surface area (Å²) in [5, 5.41) is 3.60. The summed E-state index contributed by atoms with van der Waals surface area (Å²) in [4.78, 5) is 15.9. The van der Waals surface area contributed by atoms with Crippen molar-refractivity contribution in [1.82, 2.24) is 10.3 Å². The molecule has 21 heavy (non-hydrogen) atoms. The topological polar surface area (TPSA) is 42.0 Å². The van der Waals surface area contributed by atoms with Crippen LogP contribution in [0.2, 0.25) is 5.02 Å². The lowest BCUT2D eigenvalue weighted by Gasteiger charge is -2.12. The highest BCUT2D eigenvalue weighted by Crippen LogP contribution is 2.17. The average molecular weight is 301 g/mol. The third kappa shape index (κ3) is 4.43. The molecule has 0 saturated heterocycles. The van der Waals surface area contributed by atoms with E-state index in [1.165, 1.54) is 6.08 Å². The first kappa shape index (κ1) is 15.3. The molecule has 0 radical (unpaired) electrons. The molecule has 1 aromatic heterocycles. The number of carbonyl (C=O) groups excluding carboxylic acids is 1. The van der Waals surface area contributed by atoms with E-state index in [-0.39, 0.29) is 11.9 Å². The van der Waals surface area contributed by atoms with Crippen molar-refractivity contribution < 1.29 is 4.79 Å². The molecule has 0 aliphatic heterocycles. The number of nitrogens with one attached hydrogen (secondary N) is 1. The summed E-state index contributed by atoms with van der Waals surface area (Å²) in [6, 6.07) is 9.40. The average Bonchev–Trinajstić information content (AvgIpc) is 2.49. The Morgan fingerprint density at radius 1 is 1.29 bits per heavy atom. The third-order valence-corrected chi connectivity index (χ3v) is 3.60. The summed E-state index contributed by atoms with van der Waals surface area (Å²) in [5.41, 5.74) is 2.94. The summed E-state index contributed by atoms with van der Waals surface area (Å²) in [6.45, 7) is 3.88. The van der Waals surface area contributed by atoms with Gasteiger partial charge in [0.05, 0.1) is 6.04 Å². The Bertz CT molecular complexity index is 653. The van der Waals surface area contributed by atoms with Gasteiger partial charge in [0.2, 0.25) is 5.91 Å². The second-order valence-electron chi connectivity index (χ2n) is 4.85. The van der Waals surface area contributed by atoms with Crippen molar-refractivity contribution in [3.05, 3.63) is 70.5 Å². The lowest BCUT2D eigenvalue weighted by molar-refractivity contribution is -0.117. The van der Waals surface area contributed by atoms with Gasteiger partial charge >= 0.3 is 0 Å². The Hall–Kier alpha value is -2.13. The molecule has 0 spiro atoms. The molecule has 1 N–H and O–H groups in total. The molecule has 2 aromatic rings. The van der Waals surface area contributed by atoms with Gasteiger partial charge < -0.3 is 5.32 Å². The predicted molar refractivity (Wildman–Crippen MR) is 86.0 cm³/mol. The van der Waals surface area contributed by atoms with E-state index in [2.05, 4.69) is 10.3 Å². The van der Waals surface area contributed by atoms with Gasteiger partial charge in [-0.15, -0.1) is 0 Å². The Labute approximate surface area is 129 Å². The first-order valence-electron chi connectivity index (χ1n) is 6.71. The SMILES string of the molecule is Cc1ccc(C=CC(=O)NC(C)c2ccncc2)cc1Cl. The van der Waals surface area contributed by atoms with Gasteiger partial charge in [0.25, 0.3) is 0 Å². The number of benzene rings is 1. The second-order valence-corrected chi connectivity index (χ2v) is 5.26. The molecule has 0 saturated carbocycles. The molecule has 3 nitrogen and oxygen atoms in total. The maximum atomic E-state index is 11.9. The lowest BCUT2D eigenvalue weighted by atomic mass is 10.1. The number of pyridine rings is 1. The fourth-order valence-electron chi connectivity index (χ4n) is 1.88. The fourth-order valence-corrected chi connectivity index (χ4v) is 2.07. The van der Waals surface area contributed by atoms with Crippen LogP contribution in [0.4, 0.5) is 0 Å². The van der Waals surface area contributed by atoms with Crippen molar-refractivity contribution in [3.63, 3.8) is 0 Å². The number of amides is 1. The zero-order valence-corrected chi connectivity index (χ0v) is 12.8. The number of carbonyl (C=O) groups is 1. The van der Waals surface area contributed by atoms with E-state index in [0.717, 1.165) is 16.7 Å². The molecule has 108 valence electrons. The van der Waals surface area contributed by atoms with E-state index < -0.39 is 0 Å². The van der Waals surface area contributed by atoms with Crippen LogP contribution < -0.4 is 5.32 Å². The molecule has 1 unspecified atom stereocenters. The zero-order chi connectivity index (χ0) is 15.2. The number of nitrogens with zero attached hydrogens (tertiary/aromatic N) is 1. The summed E-state index contributed by atoms with van der Waals surface area (Å²) in [6.07, 6.45) is 6.68. The number of aromatic nitrogens is 1. The smallest absolute Gasteiger partial charge is 0.244 e. The van der Waals surface area contributed by atoms with Crippen LogP contribution in [0.15, 0.2) is 48.8 Å². The quantitative estimate of drug-likeness (QED) is 0.869. The standard InChI is InChI=1S/C17H17ClN2O/c1-12-3-4-14(11-16(12)18)5-6-17(21)20-13(2)15-7-9-19-10-8-15/h3-11,13H,1-2H3,(H,20,21). The molecular formula is C17H17ClN2O. The monoisotopic (exact) mass is 300 g/mol. The van der Waals surface area contributed by atoms with Crippen molar-refractivity contribution in [2.45, 2.75) is 19.9 Å². The minimum atomic E-state index is -0.143. The molecule has 2 rings (SSSR count). The van der Waals surface area contributed by atoms with Gasteiger partial charge in [-0.2, -0.15) is 0 Å². The zero-order valence-electron chi connectivity index (χ0n) is 12.0. The van der Waals surface area contributed by atoms with Gasteiger partial charge in [0, 0.05) is 23.5 Å². The van der Waals surface area contributed by atoms with E-state index in [1.807, 2.05) is 44.2 Å². The van der Waals surface area contributed by atoms with Crippen LogP contribution in [0.5, 0.6) is 0 Å². The molecular weight excluding hydrogens is 284 g/mol. The highest BCUT2D eigenvalue weighted by molar-refractivity contribution is 6.31. The van der Waals surface area contributed by atoms with Crippen LogP contribution in [0.1, 0.15) is 29.7 Å². The van der Waals surface area contributed by atoms with Gasteiger partial charge in [-0.25, -0.2) is 0 Å². The Morgan fingerprint density at radius 2 is 2.00 bits per heavy atom. The fraction of sp³-hybridized carbons (Fsp3) is 0.176. The van der Waals surface area contributed by atoms with E-state index in [4.69, 9.17) is 11.6 Å². The summed E-state index contributed by atoms with van der Waals surface area (Å²) >= 11 is 6.05. The maximum absolute atomic E-state index is 11.9. The van der Waals surface area contributed by atoms with Crippen LogP contribution in [-0.4, -0.2) is 10.9 Å². The van der Waals surface area contributed by atoms with Crippen molar-refractivity contribution in [3.8, 4) is 0 Å². The Balaban J connectivity index is 1.98. The van der Waals surface area contributed by atoms with Crippen LogP contribution in [0, 0.1) is 6.92 Å². The lowest BCUT2D eigenvalue weighted by Crippen LogP contribution is -2.24. The minimum absolute atomic E-state index is 0.0632. The second kappa shape index (κ2) is 7.04. The summed E-state index contributed by atoms with van der Waals surface area (Å²) in [7, 11) is 0. The largest absolute Gasteiger partial charge is 0.346 e. The molecule has 0 bridgehead atoms. The Kier molecular flexibility index (Phi) is 5.12. The number of halogens is 1. The van der Waals surface area contributed by atoms with Crippen molar-refractivity contribution in [1.29, 1.82) is 0 Å². The molecule has 0 fully saturated rings. The molecule has 4 heteroatoms. The number of rotatable bonds is 4. The Morgan fingerprint density at radius 3 is 2.67 bits per heavy atom. The van der Waals surface area contributed by atoms with Crippen LogP contribution in [-0.2, 0) is 4.79 Å². The van der Waals surface area contributed by atoms with Crippen LogP contribution in [0.3, 0.4) is 0 Å². The molecule has 0 aliphatic carbocycles. The normalized spacial score (nSPS) is 12.3. The van der Waals surface area contributed by atoms with E-state index in [0.29, 0.717) is 5.02 Å². The first-order valence-corrected chi connectivity index (χ1v) is 7.08. The van der Waals surface area contributed by atoms with Gasteiger partial charge in [-0.3, -0.25) is 9.78 Å². The van der Waals surface area contributed by atoms with Gasteiger partial charge in [0.15, 0.2) is 0 Å². The third-order valence-electron chi connectivity index (χ3n) is 3.19. The van der Waals surface area contributed by atoms with E-state index in [1.54, 1.807) is 18.5 Å². The molecule has 1 amide bonds. The number of hydrogen-bond acceptors (Lipinski definition) is 2. The first-order chi connectivity index (χ1) is 10.1. The summed E-state index contributed by atoms with van der Waals surface area (Å²) < 4.78 is 0.